The van der Waals surface area contributed by atoms with Crippen LogP contribution in [0.5, 0.6) is 0 Å². The van der Waals surface area contributed by atoms with Gasteiger partial charge in [0.25, 0.3) is 7.82 Å². The molecular weight excluding hydrogens is 1030 g/mol. The summed E-state index contributed by atoms with van der Waals surface area (Å²) in [6.45, 7) is 4.70. The lowest BCUT2D eigenvalue weighted by molar-refractivity contribution is -0.870. The molecule has 82 heavy (non-hydrogen) atoms. The van der Waals surface area contributed by atoms with Crippen LogP contribution in [-0.2, 0) is 18.4 Å². The summed E-state index contributed by atoms with van der Waals surface area (Å²) in [4.78, 5) is 25.6. The van der Waals surface area contributed by atoms with Crippen molar-refractivity contribution in [2.75, 3.05) is 40.9 Å². The average molecular weight is 1180 g/mol. The summed E-state index contributed by atoms with van der Waals surface area (Å²) < 4.78 is 23.5. The van der Waals surface area contributed by atoms with E-state index in [1.54, 1.807) is 6.08 Å². The van der Waals surface area contributed by atoms with E-state index in [4.69, 9.17) is 9.05 Å². The van der Waals surface area contributed by atoms with Gasteiger partial charge in [-0.2, -0.15) is 0 Å². The van der Waals surface area contributed by atoms with Gasteiger partial charge in [0.1, 0.15) is 13.2 Å². The summed E-state index contributed by atoms with van der Waals surface area (Å²) in [5.74, 6) is -0.198. The van der Waals surface area contributed by atoms with Gasteiger partial charge in [-0.05, 0) is 32.1 Å². The number of allylic oxidation sites excluding steroid dienone is 3. The van der Waals surface area contributed by atoms with E-state index in [0.717, 1.165) is 38.5 Å². The van der Waals surface area contributed by atoms with Crippen molar-refractivity contribution in [3.8, 4) is 0 Å². The summed E-state index contributed by atoms with van der Waals surface area (Å²) in [6.07, 6.45) is 84.7. The van der Waals surface area contributed by atoms with Crippen molar-refractivity contribution >= 4 is 13.7 Å². The number of phosphoric acid groups is 1. The zero-order valence-corrected chi connectivity index (χ0v) is 56.9. The van der Waals surface area contributed by atoms with E-state index < -0.39 is 20.0 Å². The van der Waals surface area contributed by atoms with E-state index in [2.05, 4.69) is 31.3 Å². The Kier molecular flexibility index (Phi) is 63.7. The number of quaternary nitrogens is 1. The molecule has 0 fully saturated rings. The van der Waals surface area contributed by atoms with Crippen LogP contribution in [0.2, 0.25) is 0 Å². The first-order valence-electron chi connectivity index (χ1n) is 36.7. The Balaban J connectivity index is 4.03. The number of unbranched alkanes of at least 4 members (excludes halogenated alkanes) is 54. The number of hydrogen-bond acceptors (Lipinski definition) is 6. The third-order valence-electron chi connectivity index (χ3n) is 17.2. The first-order valence-corrected chi connectivity index (χ1v) is 38.2. The normalized spacial score (nSPS) is 13.7. The highest BCUT2D eigenvalue weighted by atomic mass is 31.2. The van der Waals surface area contributed by atoms with E-state index in [9.17, 15) is 19.4 Å². The van der Waals surface area contributed by atoms with Crippen molar-refractivity contribution in [3.63, 3.8) is 0 Å². The standard InChI is InChI=1S/C73H145N2O6P/c1-6-8-10-12-14-16-18-20-22-24-26-28-30-32-34-36-37-39-41-43-45-47-49-51-53-55-57-59-61-63-65-67-73(77)74-71(70-81-82(78,79)80-69-68-75(3,4)5)72(76)66-64-62-60-58-56-54-52-50-48-46-44-42-40-38-35-33-31-29-27-25-23-21-19-17-15-13-11-9-7-2/h56,58,64,66,71-72,76H,6-55,57,59-63,65,67-70H2,1-5H3,(H-,74,77,78,79)/b58-56+,66-64+. The largest absolute Gasteiger partial charge is 0.756 e. The van der Waals surface area contributed by atoms with Crippen LogP contribution in [0.4, 0.5) is 0 Å². The Bertz CT molecular complexity index is 1390. The van der Waals surface area contributed by atoms with Crippen LogP contribution in [0.25, 0.3) is 0 Å². The predicted octanol–water partition coefficient (Wildman–Crippen LogP) is 22.8. The predicted molar refractivity (Wildman–Crippen MR) is 358 cm³/mol. The number of carbonyl (C=O) groups excluding carboxylic acids is 1. The van der Waals surface area contributed by atoms with Crippen LogP contribution >= 0.6 is 7.82 Å². The van der Waals surface area contributed by atoms with Gasteiger partial charge in [0.15, 0.2) is 0 Å². The molecule has 0 aromatic rings. The van der Waals surface area contributed by atoms with Crippen molar-refractivity contribution in [1.82, 2.24) is 5.32 Å². The highest BCUT2D eigenvalue weighted by Gasteiger charge is 2.23. The monoisotopic (exact) mass is 1180 g/mol. The fraction of sp³-hybridized carbons (Fsp3) is 0.932. The van der Waals surface area contributed by atoms with E-state index in [1.165, 1.54) is 327 Å². The molecule has 2 N–H and O–H groups in total. The van der Waals surface area contributed by atoms with Gasteiger partial charge >= 0.3 is 0 Å². The Morgan fingerprint density at radius 1 is 0.415 bits per heavy atom. The van der Waals surface area contributed by atoms with Crippen molar-refractivity contribution in [2.24, 2.45) is 0 Å². The first-order chi connectivity index (χ1) is 40.0. The topological polar surface area (TPSA) is 108 Å². The van der Waals surface area contributed by atoms with Crippen LogP contribution in [-0.4, -0.2) is 68.5 Å². The molecule has 0 radical (unpaired) electrons. The zero-order valence-electron chi connectivity index (χ0n) is 56.0. The number of rotatable bonds is 69. The van der Waals surface area contributed by atoms with Gasteiger partial charge in [-0.1, -0.05) is 372 Å². The Hall–Kier alpha value is -1.02. The molecule has 0 aromatic carbocycles. The average Bonchev–Trinajstić information content (AvgIpc) is 3.47. The summed E-state index contributed by atoms with van der Waals surface area (Å²) in [5.41, 5.74) is 0. The highest BCUT2D eigenvalue weighted by molar-refractivity contribution is 7.45. The van der Waals surface area contributed by atoms with Gasteiger partial charge in [-0.3, -0.25) is 9.36 Å². The molecule has 0 aliphatic carbocycles. The highest BCUT2D eigenvalue weighted by Crippen LogP contribution is 2.38. The smallest absolute Gasteiger partial charge is 0.268 e. The van der Waals surface area contributed by atoms with E-state index >= 15 is 0 Å². The number of carbonyl (C=O) groups is 1. The number of aliphatic hydroxyl groups is 1. The fourth-order valence-electron chi connectivity index (χ4n) is 11.5. The number of likely N-dealkylation sites (N-methyl/N-ethyl adjacent to an activating group) is 1. The first kappa shape index (κ1) is 81.0. The Morgan fingerprint density at radius 2 is 0.683 bits per heavy atom. The summed E-state index contributed by atoms with van der Waals surface area (Å²) in [6, 6.07) is -0.902. The minimum Gasteiger partial charge on any atom is -0.756 e. The molecule has 8 nitrogen and oxygen atoms in total. The van der Waals surface area contributed by atoms with Crippen molar-refractivity contribution in [1.29, 1.82) is 0 Å². The maximum Gasteiger partial charge on any atom is 0.268 e. The maximum absolute atomic E-state index is 13.0. The lowest BCUT2D eigenvalue weighted by Gasteiger charge is -2.29. The van der Waals surface area contributed by atoms with Crippen LogP contribution in [0, 0.1) is 0 Å². The lowest BCUT2D eigenvalue weighted by Crippen LogP contribution is -2.45. The number of amides is 1. The summed E-state index contributed by atoms with van der Waals surface area (Å²) >= 11 is 0. The van der Waals surface area contributed by atoms with Gasteiger partial charge in [0.05, 0.1) is 39.9 Å². The van der Waals surface area contributed by atoms with Crippen molar-refractivity contribution in [3.05, 3.63) is 24.3 Å². The lowest BCUT2D eigenvalue weighted by atomic mass is 10.0. The number of hydrogen-bond donors (Lipinski definition) is 2. The SMILES string of the molecule is CCCCCCCCCCCCCCCCCCCCCCCCC/C=C/CC/C=C/C(O)C(COP(=O)([O-])OCC[N+](C)(C)C)NC(=O)CCCCCCCCCCCCCCCCCCCCCCCCCCCCCCCCC. The second kappa shape index (κ2) is 64.5. The van der Waals surface area contributed by atoms with Crippen molar-refractivity contribution < 1.29 is 32.9 Å². The number of nitrogens with zero attached hydrogens (tertiary/aromatic N) is 1. The third-order valence-corrected chi connectivity index (χ3v) is 18.1. The molecular formula is C73H145N2O6P. The minimum absolute atomic E-state index is 0.00334. The molecule has 0 bridgehead atoms. The number of phosphoric ester groups is 1. The minimum atomic E-state index is -4.61. The molecule has 3 atom stereocenters. The second-order valence-electron chi connectivity index (χ2n) is 26.7. The molecule has 0 aliphatic rings. The Morgan fingerprint density at radius 3 is 0.988 bits per heavy atom. The molecule has 9 heteroatoms. The molecule has 0 saturated carbocycles. The van der Waals surface area contributed by atoms with E-state index in [0.29, 0.717) is 17.4 Å². The molecule has 0 spiro atoms. The molecule has 0 saturated heterocycles. The molecule has 0 aliphatic heterocycles. The fourth-order valence-corrected chi connectivity index (χ4v) is 12.2. The number of nitrogens with one attached hydrogen (secondary N) is 1. The second-order valence-corrected chi connectivity index (χ2v) is 28.1. The van der Waals surface area contributed by atoms with E-state index in [1.807, 2.05) is 27.2 Å². The van der Waals surface area contributed by atoms with Crippen LogP contribution in [0.3, 0.4) is 0 Å². The molecule has 488 valence electrons. The Labute approximate surface area is 513 Å². The summed E-state index contributed by atoms with van der Waals surface area (Å²) in [7, 11) is 1.26. The van der Waals surface area contributed by atoms with Gasteiger partial charge in [-0.15, -0.1) is 0 Å². The van der Waals surface area contributed by atoms with Gasteiger partial charge < -0.3 is 28.8 Å². The van der Waals surface area contributed by atoms with Gasteiger partial charge in [-0.25, -0.2) is 0 Å². The quantitative estimate of drug-likeness (QED) is 0.0272. The third kappa shape index (κ3) is 66.5. The van der Waals surface area contributed by atoms with Crippen LogP contribution in [0.15, 0.2) is 24.3 Å². The molecule has 0 aromatic heterocycles. The molecule has 3 unspecified atom stereocenters. The van der Waals surface area contributed by atoms with Crippen LogP contribution in [0.1, 0.15) is 386 Å². The van der Waals surface area contributed by atoms with Crippen LogP contribution < -0.4 is 10.2 Å². The summed E-state index contributed by atoms with van der Waals surface area (Å²) in [5, 5.41) is 14.0. The maximum atomic E-state index is 13.0. The molecule has 0 heterocycles. The molecule has 0 rings (SSSR count). The van der Waals surface area contributed by atoms with E-state index in [-0.39, 0.29) is 19.1 Å². The van der Waals surface area contributed by atoms with Gasteiger partial charge in [0.2, 0.25) is 5.91 Å². The van der Waals surface area contributed by atoms with Gasteiger partial charge in [0, 0.05) is 6.42 Å². The number of aliphatic hydroxyl groups excluding tert-OH is 1. The molecule has 1 amide bonds. The zero-order chi connectivity index (χ0) is 59.8. The van der Waals surface area contributed by atoms with Crippen molar-refractivity contribution in [2.45, 2.75) is 398 Å².